The van der Waals surface area contributed by atoms with Gasteiger partial charge >= 0.3 is 5.97 Å². The third-order valence-corrected chi connectivity index (χ3v) is 2.26. The second-order valence-electron chi connectivity index (χ2n) is 3.37. The molecule has 0 spiro atoms. The zero-order valence-electron chi connectivity index (χ0n) is 8.40. The van der Waals surface area contributed by atoms with Gasteiger partial charge in [-0.2, -0.15) is 0 Å². The third kappa shape index (κ3) is 1.54. The summed E-state index contributed by atoms with van der Waals surface area (Å²) in [5.74, 6) is -0.999. The van der Waals surface area contributed by atoms with Crippen LogP contribution < -0.4 is 0 Å². The average Bonchev–Trinajstić information content (AvgIpc) is 2.63. The summed E-state index contributed by atoms with van der Waals surface area (Å²) in [5, 5.41) is 0. The van der Waals surface area contributed by atoms with E-state index in [1.54, 1.807) is 7.11 Å². The number of rotatable bonds is 2. The lowest BCUT2D eigenvalue weighted by molar-refractivity contribution is -0.337. The molecule has 1 aliphatic heterocycles. The minimum Gasteiger partial charge on any atom is -0.327 e. The van der Waals surface area contributed by atoms with E-state index in [0.29, 0.717) is 6.61 Å². The Labute approximate surface area is 83.6 Å². The van der Waals surface area contributed by atoms with Gasteiger partial charge in [0, 0.05) is 12.7 Å². The van der Waals surface area contributed by atoms with Crippen LogP contribution in [0.2, 0.25) is 0 Å². The van der Waals surface area contributed by atoms with Crippen molar-refractivity contribution in [1.82, 2.24) is 0 Å². The van der Waals surface area contributed by atoms with Gasteiger partial charge in [0.25, 0.3) is 0 Å². The van der Waals surface area contributed by atoms with Crippen LogP contribution in [0, 0.1) is 0 Å². The second-order valence-corrected chi connectivity index (χ2v) is 3.37. The summed E-state index contributed by atoms with van der Waals surface area (Å²) >= 11 is 0. The maximum Gasteiger partial charge on any atom is 0.312 e. The molecule has 14 heavy (non-hydrogen) atoms. The highest BCUT2D eigenvalue weighted by molar-refractivity contribution is 5.19. The van der Waals surface area contributed by atoms with Crippen molar-refractivity contribution < 1.29 is 14.2 Å². The molecule has 2 rings (SSSR count). The molecule has 0 aromatic heterocycles. The minimum absolute atomic E-state index is 0.0650. The van der Waals surface area contributed by atoms with E-state index in [4.69, 9.17) is 14.2 Å². The highest BCUT2D eigenvalue weighted by atomic mass is 16.9. The Morgan fingerprint density at radius 1 is 1.36 bits per heavy atom. The quantitative estimate of drug-likeness (QED) is 0.719. The summed E-state index contributed by atoms with van der Waals surface area (Å²) in [6.07, 6.45) is 0.0650. The molecule has 1 aromatic carbocycles. The Hall–Kier alpha value is -0.900. The molecule has 1 fully saturated rings. The van der Waals surface area contributed by atoms with E-state index in [9.17, 15) is 0 Å². The average molecular weight is 194 g/mol. The first-order valence-corrected chi connectivity index (χ1v) is 4.69. The van der Waals surface area contributed by atoms with Crippen LogP contribution in [0.3, 0.4) is 0 Å². The van der Waals surface area contributed by atoms with Crippen LogP contribution in [0.4, 0.5) is 0 Å². The van der Waals surface area contributed by atoms with Crippen molar-refractivity contribution in [3.8, 4) is 0 Å². The molecule has 3 nitrogen and oxygen atoms in total. The molecule has 76 valence electrons. The Balaban J connectivity index is 2.30. The Morgan fingerprint density at radius 3 is 2.57 bits per heavy atom. The first-order chi connectivity index (χ1) is 6.77. The summed E-state index contributed by atoms with van der Waals surface area (Å²) < 4.78 is 16.5. The lowest BCUT2D eigenvalue weighted by Gasteiger charge is -2.25. The molecule has 0 amide bonds. The van der Waals surface area contributed by atoms with Crippen molar-refractivity contribution >= 4 is 0 Å². The van der Waals surface area contributed by atoms with Gasteiger partial charge in [0.1, 0.15) is 0 Å². The number of hydrogen-bond donors (Lipinski definition) is 0. The van der Waals surface area contributed by atoms with E-state index in [2.05, 4.69) is 0 Å². The van der Waals surface area contributed by atoms with E-state index in [0.717, 1.165) is 5.56 Å². The molecule has 1 aliphatic rings. The van der Waals surface area contributed by atoms with E-state index < -0.39 is 5.97 Å². The van der Waals surface area contributed by atoms with Crippen LogP contribution in [-0.2, 0) is 20.2 Å². The lowest BCUT2D eigenvalue weighted by atomic mass is 10.2. The molecule has 3 heteroatoms. The van der Waals surface area contributed by atoms with Gasteiger partial charge < -0.3 is 14.2 Å². The molecule has 0 bridgehead atoms. The van der Waals surface area contributed by atoms with Gasteiger partial charge in [-0.3, -0.25) is 0 Å². The van der Waals surface area contributed by atoms with Gasteiger partial charge in [0.2, 0.25) is 0 Å². The summed E-state index contributed by atoms with van der Waals surface area (Å²) in [6.45, 7) is 2.52. The lowest BCUT2D eigenvalue weighted by Crippen LogP contribution is -2.29. The predicted molar refractivity (Wildman–Crippen MR) is 51.6 cm³/mol. The van der Waals surface area contributed by atoms with Crippen LogP contribution >= 0.6 is 0 Å². The maximum atomic E-state index is 5.64. The van der Waals surface area contributed by atoms with Crippen molar-refractivity contribution in [3.63, 3.8) is 0 Å². The Kier molecular flexibility index (Phi) is 2.54. The number of methoxy groups -OCH3 is 1. The highest BCUT2D eigenvalue weighted by Crippen LogP contribution is 2.34. The van der Waals surface area contributed by atoms with E-state index >= 15 is 0 Å². The van der Waals surface area contributed by atoms with Crippen molar-refractivity contribution in [3.05, 3.63) is 35.9 Å². The van der Waals surface area contributed by atoms with Gasteiger partial charge in [-0.1, -0.05) is 30.3 Å². The van der Waals surface area contributed by atoms with Crippen molar-refractivity contribution in [2.75, 3.05) is 13.7 Å². The largest absolute Gasteiger partial charge is 0.327 e. The number of benzene rings is 1. The summed E-state index contributed by atoms with van der Waals surface area (Å²) in [5.41, 5.74) is 0.895. The predicted octanol–water partition coefficient (Wildman–Crippen LogP) is 1.88. The van der Waals surface area contributed by atoms with Crippen molar-refractivity contribution in [1.29, 1.82) is 0 Å². The molecule has 0 aliphatic carbocycles. The molecular weight excluding hydrogens is 180 g/mol. The fraction of sp³-hybridized carbons (Fsp3) is 0.455. The SMILES string of the molecule is COC1(c2ccccc2)OCC(C)O1. The van der Waals surface area contributed by atoms with E-state index in [-0.39, 0.29) is 6.10 Å². The summed E-state index contributed by atoms with van der Waals surface area (Å²) in [7, 11) is 1.59. The van der Waals surface area contributed by atoms with Crippen molar-refractivity contribution in [2.45, 2.75) is 19.0 Å². The van der Waals surface area contributed by atoms with Gasteiger partial charge in [0.15, 0.2) is 0 Å². The van der Waals surface area contributed by atoms with Crippen LogP contribution in [-0.4, -0.2) is 19.8 Å². The first-order valence-electron chi connectivity index (χ1n) is 4.69. The zero-order chi connectivity index (χ0) is 10.0. The molecule has 0 radical (unpaired) electrons. The smallest absolute Gasteiger partial charge is 0.312 e. The van der Waals surface area contributed by atoms with Crippen LogP contribution in [0.5, 0.6) is 0 Å². The standard InChI is InChI=1S/C11H14O3/c1-9-8-13-11(12-2,14-9)10-6-4-3-5-7-10/h3-7,9H,8H2,1-2H3. The summed E-state index contributed by atoms with van der Waals surface area (Å²) in [6, 6.07) is 9.69. The first kappa shape index (κ1) is 9.65. The van der Waals surface area contributed by atoms with E-state index in [1.807, 2.05) is 37.3 Å². The Morgan fingerprint density at radius 2 is 2.07 bits per heavy atom. The Bertz CT molecular complexity index is 299. The summed E-state index contributed by atoms with van der Waals surface area (Å²) in [4.78, 5) is 0. The topological polar surface area (TPSA) is 27.7 Å². The molecule has 1 heterocycles. The molecule has 2 unspecified atom stereocenters. The fourth-order valence-electron chi connectivity index (χ4n) is 1.58. The minimum atomic E-state index is -0.999. The highest BCUT2D eigenvalue weighted by Gasteiger charge is 2.42. The van der Waals surface area contributed by atoms with Crippen LogP contribution in [0.15, 0.2) is 30.3 Å². The van der Waals surface area contributed by atoms with Crippen LogP contribution in [0.1, 0.15) is 12.5 Å². The maximum absolute atomic E-state index is 5.64. The van der Waals surface area contributed by atoms with Gasteiger partial charge in [-0.15, -0.1) is 0 Å². The van der Waals surface area contributed by atoms with Gasteiger partial charge in [-0.25, -0.2) is 0 Å². The van der Waals surface area contributed by atoms with Crippen molar-refractivity contribution in [2.24, 2.45) is 0 Å². The monoisotopic (exact) mass is 194 g/mol. The van der Waals surface area contributed by atoms with E-state index in [1.165, 1.54) is 0 Å². The van der Waals surface area contributed by atoms with Gasteiger partial charge in [0.05, 0.1) is 12.7 Å². The van der Waals surface area contributed by atoms with Crippen LogP contribution in [0.25, 0.3) is 0 Å². The zero-order valence-corrected chi connectivity index (χ0v) is 8.40. The molecule has 2 atom stereocenters. The van der Waals surface area contributed by atoms with Gasteiger partial charge in [-0.05, 0) is 6.92 Å². The molecule has 0 saturated carbocycles. The molecule has 1 aromatic rings. The second kappa shape index (κ2) is 3.69. The normalized spacial score (nSPS) is 32.0. The number of ether oxygens (including phenoxy) is 3. The number of hydrogen-bond acceptors (Lipinski definition) is 3. The third-order valence-electron chi connectivity index (χ3n) is 2.26. The fourth-order valence-corrected chi connectivity index (χ4v) is 1.58. The molecule has 0 N–H and O–H groups in total. The molecular formula is C11H14O3. The molecule has 1 saturated heterocycles.